The lowest BCUT2D eigenvalue weighted by Gasteiger charge is -2.02. The molecule has 0 atom stereocenters. The number of nitrogens with one attached hydrogen (secondary N) is 1. The summed E-state index contributed by atoms with van der Waals surface area (Å²) < 4.78 is 4.84. The molecule has 0 aromatic carbocycles. The first-order valence-corrected chi connectivity index (χ1v) is 5.66. The monoisotopic (exact) mass is 227 g/mol. The molecule has 82 valence electrons. The molecular weight excluding hydrogens is 214 g/mol. The van der Waals surface area contributed by atoms with Crippen molar-refractivity contribution in [2.75, 3.05) is 6.54 Å². The Hall–Kier alpha value is -0.960. The molecule has 1 aromatic heterocycles. The lowest BCUT2D eigenvalue weighted by molar-refractivity contribution is 0.0952. The summed E-state index contributed by atoms with van der Waals surface area (Å²) in [6, 6.07) is 1.58. The summed E-state index contributed by atoms with van der Waals surface area (Å²) in [5, 5.41) is 2.99. The Labute approximate surface area is 93.8 Å². The SMILES string of the molecule is O=C(NCCCC1CC1)c1ccoc1Cl. The lowest BCUT2D eigenvalue weighted by Crippen LogP contribution is -2.24. The van der Waals surface area contributed by atoms with Gasteiger partial charge in [-0.1, -0.05) is 12.8 Å². The van der Waals surface area contributed by atoms with Crippen LogP contribution in [0.2, 0.25) is 5.22 Å². The van der Waals surface area contributed by atoms with Crippen molar-refractivity contribution in [1.29, 1.82) is 0 Å². The van der Waals surface area contributed by atoms with Crippen LogP contribution in [0.25, 0.3) is 0 Å². The topological polar surface area (TPSA) is 42.2 Å². The molecule has 1 heterocycles. The van der Waals surface area contributed by atoms with Crippen LogP contribution >= 0.6 is 11.6 Å². The normalized spacial score (nSPS) is 15.3. The summed E-state index contributed by atoms with van der Waals surface area (Å²) in [5.41, 5.74) is 0.420. The van der Waals surface area contributed by atoms with Gasteiger partial charge in [0.15, 0.2) is 0 Å². The van der Waals surface area contributed by atoms with Gasteiger partial charge in [0, 0.05) is 6.54 Å². The van der Waals surface area contributed by atoms with Crippen molar-refractivity contribution < 1.29 is 9.21 Å². The van der Waals surface area contributed by atoms with E-state index in [1.54, 1.807) is 6.07 Å². The van der Waals surface area contributed by atoms with E-state index in [2.05, 4.69) is 5.32 Å². The number of carbonyl (C=O) groups excluding carboxylic acids is 1. The zero-order valence-electron chi connectivity index (χ0n) is 8.46. The molecule has 1 aliphatic rings. The fourth-order valence-corrected chi connectivity index (χ4v) is 1.75. The molecule has 0 unspecified atom stereocenters. The van der Waals surface area contributed by atoms with E-state index in [9.17, 15) is 4.79 Å². The van der Waals surface area contributed by atoms with Crippen LogP contribution in [0.4, 0.5) is 0 Å². The van der Waals surface area contributed by atoms with Crippen LogP contribution in [-0.4, -0.2) is 12.5 Å². The van der Waals surface area contributed by atoms with E-state index in [-0.39, 0.29) is 11.1 Å². The second-order valence-corrected chi connectivity index (χ2v) is 4.29. The minimum atomic E-state index is -0.149. The third-order valence-electron chi connectivity index (χ3n) is 2.63. The van der Waals surface area contributed by atoms with Gasteiger partial charge < -0.3 is 9.73 Å². The molecule has 1 N–H and O–H groups in total. The maximum Gasteiger partial charge on any atom is 0.256 e. The molecule has 1 saturated carbocycles. The number of rotatable bonds is 5. The Morgan fingerprint density at radius 1 is 1.60 bits per heavy atom. The highest BCUT2D eigenvalue weighted by atomic mass is 35.5. The number of furan rings is 1. The van der Waals surface area contributed by atoms with Crippen LogP contribution < -0.4 is 5.32 Å². The van der Waals surface area contributed by atoms with E-state index in [4.69, 9.17) is 16.0 Å². The number of hydrogen-bond acceptors (Lipinski definition) is 2. The van der Waals surface area contributed by atoms with Gasteiger partial charge in [0.25, 0.3) is 5.91 Å². The van der Waals surface area contributed by atoms with Crippen molar-refractivity contribution in [2.45, 2.75) is 25.7 Å². The van der Waals surface area contributed by atoms with E-state index in [0.29, 0.717) is 5.56 Å². The molecular formula is C11H14ClNO2. The summed E-state index contributed by atoms with van der Waals surface area (Å²) >= 11 is 5.68. The molecule has 0 aliphatic heterocycles. The average Bonchev–Trinajstić information content (AvgIpc) is 2.94. The fraction of sp³-hybridized carbons (Fsp3) is 0.545. The largest absolute Gasteiger partial charge is 0.452 e. The van der Waals surface area contributed by atoms with Crippen LogP contribution in [0.15, 0.2) is 16.7 Å². The van der Waals surface area contributed by atoms with E-state index in [0.717, 1.165) is 18.9 Å². The number of halogens is 1. The van der Waals surface area contributed by atoms with Crippen LogP contribution in [0.5, 0.6) is 0 Å². The minimum absolute atomic E-state index is 0.149. The molecule has 1 aromatic rings. The first kappa shape index (κ1) is 10.6. The second kappa shape index (κ2) is 4.71. The Morgan fingerprint density at radius 3 is 3.00 bits per heavy atom. The quantitative estimate of drug-likeness (QED) is 0.786. The van der Waals surface area contributed by atoms with Crippen molar-refractivity contribution in [3.63, 3.8) is 0 Å². The van der Waals surface area contributed by atoms with E-state index < -0.39 is 0 Å². The van der Waals surface area contributed by atoms with Crippen molar-refractivity contribution in [2.24, 2.45) is 5.92 Å². The maximum atomic E-state index is 11.5. The van der Waals surface area contributed by atoms with Crippen LogP contribution in [-0.2, 0) is 0 Å². The summed E-state index contributed by atoms with van der Waals surface area (Å²) in [6.45, 7) is 0.719. The Bertz CT molecular complexity index is 344. The van der Waals surface area contributed by atoms with Gasteiger partial charge in [-0.05, 0) is 36.4 Å². The Morgan fingerprint density at radius 2 is 2.40 bits per heavy atom. The van der Waals surface area contributed by atoms with Crippen molar-refractivity contribution in [3.05, 3.63) is 23.1 Å². The highest BCUT2D eigenvalue weighted by Crippen LogP contribution is 2.33. The standard InChI is InChI=1S/C11H14ClNO2/c12-10-9(5-7-15-10)11(14)13-6-1-2-8-3-4-8/h5,7-8H,1-4,6H2,(H,13,14). The van der Waals surface area contributed by atoms with Gasteiger partial charge in [0.05, 0.1) is 11.8 Å². The molecule has 0 radical (unpaired) electrons. The van der Waals surface area contributed by atoms with Crippen LogP contribution in [0, 0.1) is 5.92 Å². The Kier molecular flexibility index (Phi) is 3.31. The predicted octanol–water partition coefficient (Wildman–Crippen LogP) is 2.85. The zero-order chi connectivity index (χ0) is 10.7. The smallest absolute Gasteiger partial charge is 0.256 e. The zero-order valence-corrected chi connectivity index (χ0v) is 9.22. The molecule has 1 amide bonds. The van der Waals surface area contributed by atoms with Gasteiger partial charge in [-0.25, -0.2) is 0 Å². The first-order chi connectivity index (χ1) is 7.27. The Balaban J connectivity index is 1.69. The number of amides is 1. The number of carbonyl (C=O) groups is 1. The van der Waals surface area contributed by atoms with Crippen LogP contribution in [0.3, 0.4) is 0 Å². The molecule has 4 heteroatoms. The highest BCUT2D eigenvalue weighted by molar-refractivity contribution is 6.32. The van der Waals surface area contributed by atoms with Crippen molar-refractivity contribution in [1.82, 2.24) is 5.32 Å². The van der Waals surface area contributed by atoms with Gasteiger partial charge >= 0.3 is 0 Å². The molecule has 0 saturated heterocycles. The summed E-state index contributed by atoms with van der Waals surface area (Å²) in [6.07, 6.45) is 6.41. The molecule has 0 spiro atoms. The van der Waals surface area contributed by atoms with E-state index in [1.165, 1.54) is 25.5 Å². The number of hydrogen-bond donors (Lipinski definition) is 1. The molecule has 15 heavy (non-hydrogen) atoms. The van der Waals surface area contributed by atoms with Crippen LogP contribution in [0.1, 0.15) is 36.0 Å². The highest BCUT2D eigenvalue weighted by Gasteiger charge is 2.20. The molecule has 0 bridgehead atoms. The van der Waals surface area contributed by atoms with Gasteiger partial charge in [-0.3, -0.25) is 4.79 Å². The minimum Gasteiger partial charge on any atom is -0.452 e. The van der Waals surface area contributed by atoms with Gasteiger partial charge in [-0.15, -0.1) is 0 Å². The van der Waals surface area contributed by atoms with Gasteiger partial charge in [-0.2, -0.15) is 0 Å². The molecule has 3 nitrogen and oxygen atoms in total. The van der Waals surface area contributed by atoms with Crippen molar-refractivity contribution in [3.8, 4) is 0 Å². The van der Waals surface area contributed by atoms with E-state index >= 15 is 0 Å². The third-order valence-corrected chi connectivity index (χ3v) is 2.93. The molecule has 2 rings (SSSR count). The second-order valence-electron chi connectivity index (χ2n) is 3.95. The lowest BCUT2D eigenvalue weighted by atomic mass is 10.2. The summed E-state index contributed by atoms with van der Waals surface area (Å²) in [5.74, 6) is 0.768. The maximum absolute atomic E-state index is 11.5. The van der Waals surface area contributed by atoms with Gasteiger partial charge in [0.1, 0.15) is 0 Å². The summed E-state index contributed by atoms with van der Waals surface area (Å²) in [7, 11) is 0. The molecule has 1 aliphatic carbocycles. The first-order valence-electron chi connectivity index (χ1n) is 5.28. The van der Waals surface area contributed by atoms with Crippen molar-refractivity contribution >= 4 is 17.5 Å². The summed E-state index contributed by atoms with van der Waals surface area (Å²) in [4.78, 5) is 11.5. The van der Waals surface area contributed by atoms with E-state index in [1.807, 2.05) is 0 Å². The predicted molar refractivity (Wildman–Crippen MR) is 58.0 cm³/mol. The van der Waals surface area contributed by atoms with Gasteiger partial charge in [0.2, 0.25) is 5.22 Å². The third kappa shape index (κ3) is 2.99. The molecule has 1 fully saturated rings. The fourth-order valence-electron chi connectivity index (χ4n) is 1.55. The average molecular weight is 228 g/mol.